The summed E-state index contributed by atoms with van der Waals surface area (Å²) in [6.45, 7) is 2.86. The number of fused-ring (bicyclic) bond motifs is 1. The van der Waals surface area contributed by atoms with E-state index in [9.17, 15) is 4.79 Å². The van der Waals surface area contributed by atoms with Crippen molar-refractivity contribution in [2.75, 3.05) is 16.8 Å². The SMILES string of the molecule is C[C@H](C(=O)Nc1ccccc1)N1CCc2ccccc21. The van der Waals surface area contributed by atoms with Gasteiger partial charge in [-0.15, -0.1) is 0 Å². The Kier molecular flexibility index (Phi) is 3.42. The highest BCUT2D eigenvalue weighted by molar-refractivity contribution is 5.96. The van der Waals surface area contributed by atoms with Crippen LogP contribution in [0.15, 0.2) is 54.6 Å². The molecule has 20 heavy (non-hydrogen) atoms. The second-order valence-corrected chi connectivity index (χ2v) is 5.10. The van der Waals surface area contributed by atoms with Crippen LogP contribution in [0.1, 0.15) is 12.5 Å². The molecule has 3 heteroatoms. The minimum Gasteiger partial charge on any atom is -0.359 e. The largest absolute Gasteiger partial charge is 0.359 e. The third kappa shape index (κ3) is 2.39. The lowest BCUT2D eigenvalue weighted by Crippen LogP contribution is -2.41. The molecule has 1 N–H and O–H groups in total. The molecule has 3 rings (SSSR count). The molecule has 0 aromatic heterocycles. The predicted molar refractivity (Wildman–Crippen MR) is 82.0 cm³/mol. The minimum atomic E-state index is -0.168. The van der Waals surface area contributed by atoms with Crippen molar-refractivity contribution >= 4 is 17.3 Å². The van der Waals surface area contributed by atoms with Gasteiger partial charge in [0.25, 0.3) is 0 Å². The van der Waals surface area contributed by atoms with Gasteiger partial charge in [-0.2, -0.15) is 0 Å². The Morgan fingerprint density at radius 3 is 2.60 bits per heavy atom. The van der Waals surface area contributed by atoms with Crippen molar-refractivity contribution < 1.29 is 4.79 Å². The van der Waals surface area contributed by atoms with Crippen LogP contribution in [0.3, 0.4) is 0 Å². The van der Waals surface area contributed by atoms with Gasteiger partial charge < -0.3 is 10.2 Å². The van der Waals surface area contributed by atoms with Crippen molar-refractivity contribution in [1.29, 1.82) is 0 Å². The highest BCUT2D eigenvalue weighted by atomic mass is 16.2. The molecule has 102 valence electrons. The van der Waals surface area contributed by atoms with E-state index in [4.69, 9.17) is 0 Å². The monoisotopic (exact) mass is 266 g/mol. The molecule has 2 aromatic carbocycles. The topological polar surface area (TPSA) is 32.3 Å². The van der Waals surface area contributed by atoms with Gasteiger partial charge in [-0.1, -0.05) is 36.4 Å². The highest BCUT2D eigenvalue weighted by Crippen LogP contribution is 2.29. The second kappa shape index (κ2) is 5.37. The maximum Gasteiger partial charge on any atom is 0.246 e. The highest BCUT2D eigenvalue weighted by Gasteiger charge is 2.27. The quantitative estimate of drug-likeness (QED) is 0.926. The van der Waals surface area contributed by atoms with Crippen molar-refractivity contribution in [3.63, 3.8) is 0 Å². The van der Waals surface area contributed by atoms with Gasteiger partial charge in [0, 0.05) is 17.9 Å². The zero-order chi connectivity index (χ0) is 13.9. The van der Waals surface area contributed by atoms with E-state index in [1.54, 1.807) is 0 Å². The van der Waals surface area contributed by atoms with Crippen LogP contribution in [0.5, 0.6) is 0 Å². The molecule has 0 unspecified atom stereocenters. The molecule has 0 radical (unpaired) electrons. The fourth-order valence-corrected chi connectivity index (χ4v) is 2.68. The lowest BCUT2D eigenvalue weighted by atomic mass is 10.1. The van der Waals surface area contributed by atoms with Crippen molar-refractivity contribution in [3.8, 4) is 0 Å². The van der Waals surface area contributed by atoms with Crippen molar-refractivity contribution in [3.05, 3.63) is 60.2 Å². The Bertz CT molecular complexity index is 609. The number of carbonyl (C=O) groups excluding carboxylic acids is 1. The standard InChI is InChI=1S/C17H18N2O/c1-13(17(20)18-15-8-3-2-4-9-15)19-12-11-14-7-5-6-10-16(14)19/h2-10,13H,11-12H2,1H3,(H,18,20)/t13-/m1/s1. The first kappa shape index (κ1) is 12.7. The predicted octanol–water partition coefficient (Wildman–Crippen LogP) is 3.08. The molecule has 0 saturated carbocycles. The summed E-state index contributed by atoms with van der Waals surface area (Å²) in [5, 5.41) is 2.97. The Morgan fingerprint density at radius 2 is 1.80 bits per heavy atom. The van der Waals surface area contributed by atoms with Crippen LogP contribution in [-0.4, -0.2) is 18.5 Å². The minimum absolute atomic E-state index is 0.0351. The molecule has 0 aliphatic carbocycles. The first-order valence-corrected chi connectivity index (χ1v) is 6.96. The molecular formula is C17H18N2O. The van der Waals surface area contributed by atoms with E-state index in [0.717, 1.165) is 18.7 Å². The van der Waals surface area contributed by atoms with E-state index in [1.807, 2.05) is 43.3 Å². The van der Waals surface area contributed by atoms with Crippen LogP contribution < -0.4 is 10.2 Å². The molecule has 1 aliphatic rings. The van der Waals surface area contributed by atoms with Crippen LogP contribution in [0, 0.1) is 0 Å². The number of carbonyl (C=O) groups is 1. The normalized spacial score (nSPS) is 14.8. The van der Waals surface area contributed by atoms with Crippen LogP contribution in [-0.2, 0) is 11.2 Å². The molecular weight excluding hydrogens is 248 g/mol. The number of nitrogens with one attached hydrogen (secondary N) is 1. The molecule has 0 bridgehead atoms. The van der Waals surface area contributed by atoms with Crippen molar-refractivity contribution in [2.45, 2.75) is 19.4 Å². The number of anilines is 2. The molecule has 0 spiro atoms. The Balaban J connectivity index is 1.74. The van der Waals surface area contributed by atoms with Crippen LogP contribution in [0.25, 0.3) is 0 Å². The summed E-state index contributed by atoms with van der Waals surface area (Å²) in [7, 11) is 0. The maximum absolute atomic E-state index is 12.4. The fraction of sp³-hybridized carbons (Fsp3) is 0.235. The summed E-state index contributed by atoms with van der Waals surface area (Å²) in [6, 6.07) is 17.7. The lowest BCUT2D eigenvalue weighted by Gasteiger charge is -2.26. The molecule has 1 aliphatic heterocycles. The Hall–Kier alpha value is -2.29. The van der Waals surface area contributed by atoms with Crippen molar-refractivity contribution in [2.24, 2.45) is 0 Å². The molecule has 2 aromatic rings. The van der Waals surface area contributed by atoms with Crippen LogP contribution in [0.4, 0.5) is 11.4 Å². The summed E-state index contributed by atoms with van der Waals surface area (Å²) in [6.07, 6.45) is 1.01. The summed E-state index contributed by atoms with van der Waals surface area (Å²) in [4.78, 5) is 14.5. The zero-order valence-corrected chi connectivity index (χ0v) is 11.5. The summed E-state index contributed by atoms with van der Waals surface area (Å²) in [5.74, 6) is 0.0351. The van der Waals surface area contributed by atoms with Gasteiger partial charge >= 0.3 is 0 Å². The van der Waals surface area contributed by atoms with E-state index in [2.05, 4.69) is 28.4 Å². The second-order valence-electron chi connectivity index (χ2n) is 5.10. The van der Waals surface area contributed by atoms with Crippen LogP contribution in [0.2, 0.25) is 0 Å². The third-order valence-corrected chi connectivity index (χ3v) is 3.81. The maximum atomic E-state index is 12.4. The van der Waals surface area contributed by atoms with Gasteiger partial charge in [0.2, 0.25) is 5.91 Å². The fourth-order valence-electron chi connectivity index (χ4n) is 2.68. The molecule has 0 saturated heterocycles. The average Bonchev–Trinajstić information content (AvgIpc) is 2.91. The number of rotatable bonds is 3. The van der Waals surface area contributed by atoms with E-state index < -0.39 is 0 Å². The number of hydrogen-bond acceptors (Lipinski definition) is 2. The number of nitrogens with zero attached hydrogens (tertiary/aromatic N) is 1. The van der Waals surface area contributed by atoms with Gasteiger partial charge in [0.1, 0.15) is 6.04 Å². The first-order chi connectivity index (χ1) is 9.75. The molecule has 1 amide bonds. The Morgan fingerprint density at radius 1 is 1.10 bits per heavy atom. The van der Waals surface area contributed by atoms with Gasteiger partial charge in [0.05, 0.1) is 0 Å². The summed E-state index contributed by atoms with van der Waals surface area (Å²) < 4.78 is 0. The molecule has 1 atom stereocenters. The van der Waals surface area contributed by atoms with E-state index in [1.165, 1.54) is 11.3 Å². The molecule has 0 fully saturated rings. The van der Waals surface area contributed by atoms with Crippen LogP contribution >= 0.6 is 0 Å². The zero-order valence-electron chi connectivity index (χ0n) is 11.5. The summed E-state index contributed by atoms with van der Waals surface area (Å²) >= 11 is 0. The number of amides is 1. The third-order valence-electron chi connectivity index (χ3n) is 3.81. The lowest BCUT2D eigenvalue weighted by molar-refractivity contribution is -0.117. The molecule has 1 heterocycles. The van der Waals surface area contributed by atoms with Gasteiger partial charge in [-0.25, -0.2) is 0 Å². The van der Waals surface area contributed by atoms with E-state index >= 15 is 0 Å². The summed E-state index contributed by atoms with van der Waals surface area (Å²) in [5.41, 5.74) is 3.35. The van der Waals surface area contributed by atoms with Gasteiger partial charge in [-0.3, -0.25) is 4.79 Å². The number of hydrogen-bond donors (Lipinski definition) is 1. The first-order valence-electron chi connectivity index (χ1n) is 6.96. The molecule has 3 nitrogen and oxygen atoms in total. The Labute approximate surface area is 119 Å². The average molecular weight is 266 g/mol. The smallest absolute Gasteiger partial charge is 0.246 e. The van der Waals surface area contributed by atoms with Gasteiger partial charge in [-0.05, 0) is 37.1 Å². The van der Waals surface area contributed by atoms with E-state index in [-0.39, 0.29) is 11.9 Å². The van der Waals surface area contributed by atoms with Crippen molar-refractivity contribution in [1.82, 2.24) is 0 Å². The van der Waals surface area contributed by atoms with E-state index in [0.29, 0.717) is 0 Å². The number of benzene rings is 2. The van der Waals surface area contributed by atoms with Gasteiger partial charge in [0.15, 0.2) is 0 Å². The number of para-hydroxylation sites is 2.